The molecular weight excluding hydrogens is 382 g/mol. The molecule has 30 heavy (non-hydrogen) atoms. The Morgan fingerprint density at radius 1 is 1.17 bits per heavy atom. The van der Waals surface area contributed by atoms with Gasteiger partial charge in [0.2, 0.25) is 5.91 Å². The molecule has 2 rings (SSSR count). The van der Waals surface area contributed by atoms with Crippen molar-refractivity contribution in [1.82, 2.24) is 4.90 Å². The third-order valence-corrected chi connectivity index (χ3v) is 4.52. The summed E-state index contributed by atoms with van der Waals surface area (Å²) < 4.78 is 10.4. The van der Waals surface area contributed by atoms with E-state index in [-0.39, 0.29) is 23.0 Å². The van der Waals surface area contributed by atoms with Gasteiger partial charge in [-0.15, -0.1) is 0 Å². The van der Waals surface area contributed by atoms with Crippen molar-refractivity contribution in [2.45, 2.75) is 33.7 Å². The van der Waals surface area contributed by atoms with Crippen molar-refractivity contribution in [2.24, 2.45) is 5.41 Å². The van der Waals surface area contributed by atoms with Crippen LogP contribution in [0.15, 0.2) is 41.0 Å². The quantitative estimate of drug-likeness (QED) is 0.670. The highest BCUT2D eigenvalue weighted by molar-refractivity contribution is 6.02. The minimum absolute atomic E-state index is 0.0780. The van der Waals surface area contributed by atoms with Gasteiger partial charge in [0.05, 0.1) is 12.9 Å². The summed E-state index contributed by atoms with van der Waals surface area (Å²) in [6, 6.07) is 8.97. The van der Waals surface area contributed by atoms with Crippen LogP contribution in [0.2, 0.25) is 0 Å². The summed E-state index contributed by atoms with van der Waals surface area (Å²) in [6.45, 7) is 7.54. The molecule has 1 aromatic heterocycles. The second-order valence-electron chi connectivity index (χ2n) is 8.71. The van der Waals surface area contributed by atoms with E-state index in [0.29, 0.717) is 31.8 Å². The maximum Gasteiger partial charge on any atom is 0.291 e. The van der Waals surface area contributed by atoms with E-state index in [1.54, 1.807) is 19.2 Å². The minimum Gasteiger partial charge on any atom is -0.459 e. The predicted molar refractivity (Wildman–Crippen MR) is 119 cm³/mol. The van der Waals surface area contributed by atoms with Crippen molar-refractivity contribution in [3.63, 3.8) is 0 Å². The smallest absolute Gasteiger partial charge is 0.291 e. The second-order valence-corrected chi connectivity index (χ2v) is 8.71. The number of nitrogens with zero attached hydrogens (tertiary/aromatic N) is 2. The first-order chi connectivity index (χ1) is 14.1. The van der Waals surface area contributed by atoms with Gasteiger partial charge in [0, 0.05) is 52.1 Å². The van der Waals surface area contributed by atoms with Crippen molar-refractivity contribution in [3.8, 4) is 0 Å². The van der Waals surface area contributed by atoms with Crippen molar-refractivity contribution in [1.29, 1.82) is 0 Å². The Hall–Kier alpha value is -2.80. The first-order valence-electron chi connectivity index (χ1n) is 10.0. The lowest BCUT2D eigenvalue weighted by molar-refractivity contribution is -0.134. The molecule has 0 radical (unpaired) electrons. The lowest BCUT2D eigenvalue weighted by Gasteiger charge is -2.28. The molecule has 7 nitrogen and oxygen atoms in total. The molecule has 0 aliphatic heterocycles. The first kappa shape index (κ1) is 23.5. The van der Waals surface area contributed by atoms with Crippen LogP contribution in [0.4, 0.5) is 11.4 Å². The lowest BCUT2D eigenvalue weighted by atomic mass is 9.91. The van der Waals surface area contributed by atoms with Gasteiger partial charge in [0.1, 0.15) is 0 Å². The number of rotatable bonds is 9. The Morgan fingerprint density at radius 3 is 2.47 bits per heavy atom. The molecule has 0 saturated heterocycles. The topological polar surface area (TPSA) is 75.0 Å². The van der Waals surface area contributed by atoms with Crippen LogP contribution in [0.5, 0.6) is 0 Å². The number of methoxy groups -OCH3 is 1. The number of anilines is 2. The SMILES string of the molecule is COCCN(Cc1cc(NC(=O)c2ccco2)ccc1N(C)C)C(=O)CC(C)(C)C. The molecule has 0 fully saturated rings. The van der Waals surface area contributed by atoms with Crippen molar-refractivity contribution in [2.75, 3.05) is 44.6 Å². The summed E-state index contributed by atoms with van der Waals surface area (Å²) in [5.41, 5.74) is 2.46. The largest absolute Gasteiger partial charge is 0.459 e. The summed E-state index contributed by atoms with van der Waals surface area (Å²) in [4.78, 5) is 29.1. The van der Waals surface area contributed by atoms with Crippen LogP contribution in [-0.2, 0) is 16.1 Å². The fourth-order valence-corrected chi connectivity index (χ4v) is 3.09. The van der Waals surface area contributed by atoms with Gasteiger partial charge in [-0.2, -0.15) is 0 Å². The van der Waals surface area contributed by atoms with Crippen LogP contribution >= 0.6 is 0 Å². The predicted octanol–water partition coefficient (Wildman–Crippen LogP) is 4.01. The summed E-state index contributed by atoms with van der Waals surface area (Å²) in [6.07, 6.45) is 1.91. The van der Waals surface area contributed by atoms with E-state index in [2.05, 4.69) is 26.1 Å². The minimum atomic E-state index is -0.316. The Bertz CT molecular complexity index is 839. The van der Waals surface area contributed by atoms with Crippen LogP contribution in [-0.4, -0.2) is 51.1 Å². The van der Waals surface area contributed by atoms with E-state index >= 15 is 0 Å². The van der Waals surface area contributed by atoms with Gasteiger partial charge in [-0.25, -0.2) is 0 Å². The molecule has 2 amide bonds. The van der Waals surface area contributed by atoms with Crippen LogP contribution in [0.1, 0.15) is 43.3 Å². The zero-order chi connectivity index (χ0) is 22.3. The molecule has 1 aromatic carbocycles. The van der Waals surface area contributed by atoms with E-state index in [1.165, 1.54) is 6.26 Å². The standard InChI is InChI=1S/C23H33N3O4/c1-23(2,3)15-21(27)26(11-13-29-6)16-17-14-18(9-10-19(17)25(4)5)24-22(28)20-8-7-12-30-20/h7-10,12,14H,11,13,15-16H2,1-6H3,(H,24,28). The number of nitrogens with one attached hydrogen (secondary N) is 1. The van der Waals surface area contributed by atoms with E-state index in [0.717, 1.165) is 11.3 Å². The van der Waals surface area contributed by atoms with Gasteiger partial charge in [0.25, 0.3) is 5.91 Å². The Balaban J connectivity index is 2.28. The average Bonchev–Trinajstić information content (AvgIpc) is 3.18. The Morgan fingerprint density at radius 2 is 1.90 bits per heavy atom. The van der Waals surface area contributed by atoms with E-state index < -0.39 is 0 Å². The van der Waals surface area contributed by atoms with Crippen molar-refractivity contribution < 1.29 is 18.7 Å². The number of carbonyl (C=O) groups is 2. The molecule has 164 valence electrons. The molecule has 0 aliphatic carbocycles. The zero-order valence-corrected chi connectivity index (χ0v) is 18.8. The maximum absolute atomic E-state index is 12.9. The number of ether oxygens (including phenoxy) is 1. The maximum atomic E-state index is 12.9. The van der Waals surface area contributed by atoms with Gasteiger partial charge in [-0.3, -0.25) is 9.59 Å². The number of carbonyl (C=O) groups excluding carboxylic acids is 2. The van der Waals surface area contributed by atoms with E-state index in [9.17, 15) is 9.59 Å². The molecule has 0 saturated carbocycles. The van der Waals surface area contributed by atoms with Crippen LogP contribution in [0.3, 0.4) is 0 Å². The molecule has 0 spiro atoms. The summed E-state index contributed by atoms with van der Waals surface area (Å²) in [7, 11) is 5.54. The average molecular weight is 416 g/mol. The van der Waals surface area contributed by atoms with Gasteiger partial charge in [-0.05, 0) is 41.3 Å². The Labute approximate surface area is 179 Å². The second kappa shape index (κ2) is 10.3. The number of furan rings is 1. The fraction of sp³-hybridized carbons (Fsp3) is 0.478. The summed E-state index contributed by atoms with van der Waals surface area (Å²) in [5.74, 6) is 0.00759. The van der Waals surface area contributed by atoms with Gasteiger partial charge >= 0.3 is 0 Å². The first-order valence-corrected chi connectivity index (χ1v) is 10.0. The molecule has 2 aromatic rings. The van der Waals surface area contributed by atoms with Crippen LogP contribution in [0.25, 0.3) is 0 Å². The number of benzene rings is 1. The zero-order valence-electron chi connectivity index (χ0n) is 18.8. The lowest BCUT2D eigenvalue weighted by Crippen LogP contribution is -2.36. The van der Waals surface area contributed by atoms with Crippen molar-refractivity contribution in [3.05, 3.63) is 47.9 Å². The molecule has 0 bridgehead atoms. The monoisotopic (exact) mass is 415 g/mol. The van der Waals surface area contributed by atoms with Crippen LogP contribution in [0, 0.1) is 5.41 Å². The van der Waals surface area contributed by atoms with Gasteiger partial charge < -0.3 is 24.3 Å². The third-order valence-electron chi connectivity index (χ3n) is 4.52. The van der Waals surface area contributed by atoms with Crippen molar-refractivity contribution >= 4 is 23.2 Å². The number of hydrogen-bond donors (Lipinski definition) is 1. The molecule has 0 atom stereocenters. The summed E-state index contributed by atoms with van der Waals surface area (Å²) in [5, 5.41) is 2.86. The molecular formula is C23H33N3O4. The molecule has 1 N–H and O–H groups in total. The van der Waals surface area contributed by atoms with Gasteiger partial charge in [-0.1, -0.05) is 20.8 Å². The summed E-state index contributed by atoms with van der Waals surface area (Å²) >= 11 is 0. The highest BCUT2D eigenvalue weighted by Crippen LogP contribution is 2.26. The third kappa shape index (κ3) is 6.91. The van der Waals surface area contributed by atoms with E-state index in [4.69, 9.17) is 9.15 Å². The highest BCUT2D eigenvalue weighted by Gasteiger charge is 2.22. The molecule has 0 unspecified atom stereocenters. The normalized spacial score (nSPS) is 11.3. The van der Waals surface area contributed by atoms with Gasteiger partial charge in [0.15, 0.2) is 5.76 Å². The highest BCUT2D eigenvalue weighted by atomic mass is 16.5. The molecule has 7 heteroatoms. The number of hydrogen-bond acceptors (Lipinski definition) is 5. The fourth-order valence-electron chi connectivity index (χ4n) is 3.09. The number of amides is 2. The van der Waals surface area contributed by atoms with Crippen LogP contribution < -0.4 is 10.2 Å². The Kier molecular flexibility index (Phi) is 8.06. The molecule has 0 aliphatic rings. The van der Waals surface area contributed by atoms with E-state index in [1.807, 2.05) is 42.1 Å². The molecule has 1 heterocycles.